The third kappa shape index (κ3) is 5.91. The molecular weight excluding hydrogens is 525 g/mol. The molecule has 3 aromatic rings. The van der Waals surface area contributed by atoms with E-state index in [1.165, 1.54) is 37.4 Å². The van der Waals surface area contributed by atoms with Crippen molar-refractivity contribution in [2.75, 3.05) is 47.1 Å². The van der Waals surface area contributed by atoms with Crippen LogP contribution in [0.25, 0.3) is 22.6 Å². The largest absolute Gasteiger partial charge is 0.462 e. The molecule has 1 aliphatic rings. The molecule has 210 valence electrons. The quantitative estimate of drug-likeness (QED) is 0.346. The molecule has 3 N–H and O–H groups in total. The van der Waals surface area contributed by atoms with Gasteiger partial charge in [0.2, 0.25) is 0 Å². The number of ether oxygens (including phenoxy) is 4. The second-order valence-corrected chi connectivity index (χ2v) is 9.55. The molecule has 1 aromatic carbocycles. The van der Waals surface area contributed by atoms with Crippen molar-refractivity contribution in [3.63, 3.8) is 0 Å². The van der Waals surface area contributed by atoms with Crippen LogP contribution in [0, 0.1) is 22.6 Å². The Morgan fingerprint density at radius 1 is 1.20 bits per heavy atom. The Hall–Kier alpha value is -4.45. The van der Waals surface area contributed by atoms with Crippen molar-refractivity contribution in [3.8, 4) is 34.7 Å². The molecule has 4 rings (SSSR count). The Bertz CT molecular complexity index is 1410. The number of nitrogens with zero attached hydrogens (tertiary/aromatic N) is 5. The van der Waals surface area contributed by atoms with Gasteiger partial charge in [-0.2, -0.15) is 10.2 Å². The first kappa shape index (κ1) is 28.6. The van der Waals surface area contributed by atoms with Gasteiger partial charge >= 0.3 is 17.8 Å². The van der Waals surface area contributed by atoms with Gasteiger partial charge in [-0.25, -0.2) is 14.4 Å². The fraction of sp³-hybridized carbons (Fsp3) is 0.385. The van der Waals surface area contributed by atoms with Crippen molar-refractivity contribution >= 4 is 11.9 Å². The molecule has 1 aliphatic heterocycles. The van der Waals surface area contributed by atoms with Crippen molar-refractivity contribution in [1.29, 1.82) is 5.26 Å². The van der Waals surface area contributed by atoms with Crippen LogP contribution < -0.4 is 10.5 Å². The minimum Gasteiger partial charge on any atom is -0.462 e. The number of halogens is 1. The SMILES string of the molecule is CN(C)CCOc1nccc(-c2[nH]c(C3(C(N)=O)OCC(C)(C(=O)OCC#N)CO3)nc2-c2ccc(F)cc2)n1. The lowest BCUT2D eigenvalue weighted by molar-refractivity contribution is -0.293. The van der Waals surface area contributed by atoms with Gasteiger partial charge in [-0.3, -0.25) is 9.59 Å². The van der Waals surface area contributed by atoms with Crippen molar-refractivity contribution in [1.82, 2.24) is 24.8 Å². The van der Waals surface area contributed by atoms with Gasteiger partial charge in [0.25, 0.3) is 5.91 Å². The molecule has 1 saturated heterocycles. The second-order valence-electron chi connectivity index (χ2n) is 9.55. The number of amides is 1. The monoisotopic (exact) mass is 553 g/mol. The highest BCUT2D eigenvalue weighted by atomic mass is 19.1. The first-order chi connectivity index (χ1) is 19.1. The molecule has 2 aromatic heterocycles. The number of hydrogen-bond acceptors (Lipinski definition) is 11. The predicted molar refractivity (Wildman–Crippen MR) is 137 cm³/mol. The summed E-state index contributed by atoms with van der Waals surface area (Å²) in [4.78, 5) is 43.4. The molecule has 0 saturated carbocycles. The number of carbonyl (C=O) groups is 2. The van der Waals surface area contributed by atoms with E-state index in [-0.39, 0.29) is 25.0 Å². The number of primary amides is 1. The van der Waals surface area contributed by atoms with Crippen molar-refractivity contribution in [3.05, 3.63) is 48.2 Å². The number of aromatic amines is 1. The summed E-state index contributed by atoms with van der Waals surface area (Å²) in [5, 5.41) is 8.71. The van der Waals surface area contributed by atoms with Crippen LogP contribution in [-0.4, -0.2) is 83.8 Å². The lowest BCUT2D eigenvalue weighted by Crippen LogP contribution is -2.56. The summed E-state index contributed by atoms with van der Waals surface area (Å²) < 4.78 is 35.9. The number of esters is 1. The van der Waals surface area contributed by atoms with Gasteiger partial charge < -0.3 is 34.6 Å². The maximum Gasteiger partial charge on any atom is 0.317 e. The minimum atomic E-state index is -2.19. The summed E-state index contributed by atoms with van der Waals surface area (Å²) in [5.74, 6) is -4.52. The number of aromatic nitrogens is 4. The van der Waals surface area contributed by atoms with E-state index in [4.69, 9.17) is 29.9 Å². The highest BCUT2D eigenvalue weighted by Gasteiger charge is 2.54. The maximum absolute atomic E-state index is 13.7. The zero-order chi connectivity index (χ0) is 28.9. The van der Waals surface area contributed by atoms with E-state index in [2.05, 4.69) is 19.9 Å². The second kappa shape index (κ2) is 11.7. The topological polar surface area (TPSA) is 179 Å². The molecule has 0 radical (unpaired) electrons. The minimum absolute atomic E-state index is 0.113. The lowest BCUT2D eigenvalue weighted by atomic mass is 9.91. The number of nitrogens with one attached hydrogen (secondary N) is 1. The van der Waals surface area contributed by atoms with Crippen LogP contribution in [0.2, 0.25) is 0 Å². The first-order valence-corrected chi connectivity index (χ1v) is 12.2. The number of benzene rings is 1. The average molecular weight is 554 g/mol. The molecule has 0 spiro atoms. The van der Waals surface area contributed by atoms with Crippen molar-refractivity contribution in [2.24, 2.45) is 11.1 Å². The number of nitriles is 1. The van der Waals surface area contributed by atoms with Gasteiger partial charge in [0.15, 0.2) is 12.4 Å². The van der Waals surface area contributed by atoms with Crippen LogP contribution in [0.3, 0.4) is 0 Å². The smallest absolute Gasteiger partial charge is 0.317 e. The Morgan fingerprint density at radius 3 is 2.52 bits per heavy atom. The van der Waals surface area contributed by atoms with Gasteiger partial charge in [0, 0.05) is 18.3 Å². The predicted octanol–water partition coefficient (Wildman–Crippen LogP) is 1.37. The number of likely N-dealkylation sites (N-methyl/N-ethyl adjacent to an activating group) is 1. The molecule has 0 aliphatic carbocycles. The van der Waals surface area contributed by atoms with E-state index in [0.717, 1.165) is 0 Å². The Balaban J connectivity index is 1.73. The Labute approximate surface area is 229 Å². The highest BCUT2D eigenvalue weighted by molar-refractivity contribution is 5.85. The summed E-state index contributed by atoms with van der Waals surface area (Å²) in [6, 6.07) is 8.98. The van der Waals surface area contributed by atoms with E-state index in [1.807, 2.05) is 19.0 Å². The van der Waals surface area contributed by atoms with Gasteiger partial charge in [0.05, 0.1) is 30.3 Å². The van der Waals surface area contributed by atoms with Crippen LogP contribution >= 0.6 is 0 Å². The molecule has 40 heavy (non-hydrogen) atoms. The first-order valence-electron chi connectivity index (χ1n) is 12.2. The van der Waals surface area contributed by atoms with Crippen LogP contribution in [0.4, 0.5) is 4.39 Å². The molecule has 0 atom stereocenters. The van der Waals surface area contributed by atoms with Gasteiger partial charge in [0.1, 0.15) is 23.9 Å². The molecular formula is C26H28FN7O6. The number of rotatable bonds is 10. The fourth-order valence-corrected chi connectivity index (χ4v) is 3.79. The van der Waals surface area contributed by atoms with Crippen LogP contribution in [-0.2, 0) is 29.6 Å². The lowest BCUT2D eigenvalue weighted by Gasteiger charge is -2.40. The van der Waals surface area contributed by atoms with E-state index in [9.17, 15) is 14.0 Å². The summed E-state index contributed by atoms with van der Waals surface area (Å²) in [6.07, 6.45) is 1.50. The van der Waals surface area contributed by atoms with E-state index in [0.29, 0.717) is 35.8 Å². The summed E-state index contributed by atoms with van der Waals surface area (Å²) in [6.45, 7) is 1.41. The normalized spacial score (nSPS) is 20.6. The van der Waals surface area contributed by atoms with Crippen molar-refractivity contribution < 1.29 is 32.9 Å². The molecule has 14 heteroatoms. The van der Waals surface area contributed by atoms with E-state index in [1.54, 1.807) is 12.1 Å². The number of carbonyl (C=O) groups excluding carboxylic acids is 2. The fourth-order valence-electron chi connectivity index (χ4n) is 3.79. The number of hydrogen-bond donors (Lipinski definition) is 2. The third-order valence-corrected chi connectivity index (χ3v) is 6.07. The number of H-pyrrole nitrogens is 1. The summed E-state index contributed by atoms with van der Waals surface area (Å²) >= 11 is 0. The number of nitrogens with two attached hydrogens (primary N) is 1. The third-order valence-electron chi connectivity index (χ3n) is 6.07. The van der Waals surface area contributed by atoms with Crippen LogP contribution in [0.1, 0.15) is 12.7 Å². The molecule has 1 amide bonds. The molecule has 13 nitrogen and oxygen atoms in total. The molecule has 0 unspecified atom stereocenters. The standard InChI is InChI=1S/C26H28FN7O6/c1-25(23(36)37-12-9-28)14-39-26(21(29)35,40-15-25)22-32-19(16-4-6-17(27)7-5-16)20(33-22)18-8-10-30-24(31-18)38-13-11-34(2)3/h4-8,10H,11-15H2,1-3H3,(H2,29,35)(H,32,33). The van der Waals surface area contributed by atoms with Crippen LogP contribution in [0.5, 0.6) is 6.01 Å². The summed E-state index contributed by atoms with van der Waals surface area (Å²) in [7, 11) is 3.81. The highest BCUT2D eigenvalue weighted by Crippen LogP contribution is 2.39. The van der Waals surface area contributed by atoms with Gasteiger partial charge in [-0.1, -0.05) is 0 Å². The van der Waals surface area contributed by atoms with E-state index >= 15 is 0 Å². The zero-order valence-electron chi connectivity index (χ0n) is 22.1. The summed E-state index contributed by atoms with van der Waals surface area (Å²) in [5.41, 5.74) is 5.89. The van der Waals surface area contributed by atoms with Crippen LogP contribution in [0.15, 0.2) is 36.5 Å². The molecule has 0 bridgehead atoms. The maximum atomic E-state index is 13.7. The Kier molecular flexibility index (Phi) is 8.38. The van der Waals surface area contributed by atoms with E-state index < -0.39 is 35.5 Å². The van der Waals surface area contributed by atoms with Crippen molar-refractivity contribution in [2.45, 2.75) is 12.7 Å². The molecule has 1 fully saturated rings. The molecule has 3 heterocycles. The zero-order valence-corrected chi connectivity index (χ0v) is 22.1. The van der Waals surface area contributed by atoms with Gasteiger partial charge in [-0.05, 0) is 51.4 Å². The van der Waals surface area contributed by atoms with Gasteiger partial charge in [-0.15, -0.1) is 0 Å². The Morgan fingerprint density at radius 2 is 1.90 bits per heavy atom. The number of imidazole rings is 1. The average Bonchev–Trinajstić information content (AvgIpc) is 3.38.